The van der Waals surface area contributed by atoms with Crippen molar-refractivity contribution in [3.8, 4) is 5.75 Å². The van der Waals surface area contributed by atoms with Crippen molar-refractivity contribution in [3.05, 3.63) is 69.5 Å². The second-order valence-corrected chi connectivity index (χ2v) is 4.12. The lowest BCUT2D eigenvalue weighted by atomic mass is 10.2. The minimum atomic E-state index is -0.539. The van der Waals surface area contributed by atoms with E-state index in [1.807, 2.05) is 0 Å². The number of nitrogens with zero attached hydrogens (tertiary/aromatic N) is 1. The number of aliphatic hydroxyl groups is 1. The molecule has 104 valence electrons. The van der Waals surface area contributed by atoms with E-state index in [0.29, 0.717) is 11.3 Å². The van der Waals surface area contributed by atoms with E-state index in [4.69, 9.17) is 4.74 Å². The summed E-state index contributed by atoms with van der Waals surface area (Å²) in [7, 11) is 0. The highest BCUT2D eigenvalue weighted by Gasteiger charge is 2.11. The standard InChI is InChI=1S/C14H12FNO4/c15-12-3-1-10(2-4-12)9-20-14-6-5-13(16(18)19)7-11(14)8-17/h1-7,17H,8-9H2. The molecule has 0 spiro atoms. The summed E-state index contributed by atoms with van der Waals surface area (Å²) in [6.07, 6.45) is 0. The third-order valence-corrected chi connectivity index (χ3v) is 2.73. The van der Waals surface area contributed by atoms with Gasteiger partial charge in [-0.15, -0.1) is 0 Å². The second-order valence-electron chi connectivity index (χ2n) is 4.12. The van der Waals surface area contributed by atoms with Gasteiger partial charge in [0.25, 0.3) is 5.69 Å². The zero-order valence-electron chi connectivity index (χ0n) is 10.5. The first-order valence-electron chi connectivity index (χ1n) is 5.85. The van der Waals surface area contributed by atoms with Gasteiger partial charge in [-0.1, -0.05) is 12.1 Å². The van der Waals surface area contributed by atoms with Crippen LogP contribution in [0.15, 0.2) is 42.5 Å². The van der Waals surface area contributed by atoms with Crippen molar-refractivity contribution >= 4 is 5.69 Å². The minimum absolute atomic E-state index is 0.108. The Balaban J connectivity index is 2.12. The number of halogens is 1. The lowest BCUT2D eigenvalue weighted by Gasteiger charge is -2.10. The Morgan fingerprint density at radius 2 is 1.90 bits per heavy atom. The summed E-state index contributed by atoms with van der Waals surface area (Å²) in [4.78, 5) is 10.1. The minimum Gasteiger partial charge on any atom is -0.489 e. The molecule has 0 aliphatic heterocycles. The van der Waals surface area contributed by atoms with Crippen LogP contribution in [0, 0.1) is 15.9 Å². The van der Waals surface area contributed by atoms with Gasteiger partial charge in [0, 0.05) is 17.7 Å². The van der Waals surface area contributed by atoms with Crippen LogP contribution in [0.5, 0.6) is 5.75 Å². The van der Waals surface area contributed by atoms with Crippen molar-refractivity contribution in [2.45, 2.75) is 13.2 Å². The van der Waals surface area contributed by atoms with E-state index in [1.54, 1.807) is 12.1 Å². The number of ether oxygens (including phenoxy) is 1. The molecule has 0 atom stereocenters. The van der Waals surface area contributed by atoms with Crippen molar-refractivity contribution in [2.24, 2.45) is 0 Å². The lowest BCUT2D eigenvalue weighted by Crippen LogP contribution is -2.00. The lowest BCUT2D eigenvalue weighted by molar-refractivity contribution is -0.385. The highest BCUT2D eigenvalue weighted by atomic mass is 19.1. The SMILES string of the molecule is O=[N+]([O-])c1ccc(OCc2ccc(F)cc2)c(CO)c1. The van der Waals surface area contributed by atoms with Crippen LogP contribution in [0.25, 0.3) is 0 Å². The molecule has 0 heterocycles. The number of nitro benzene ring substituents is 1. The summed E-state index contributed by atoms with van der Waals surface area (Å²) < 4.78 is 18.2. The van der Waals surface area contributed by atoms with Crippen LogP contribution < -0.4 is 4.74 Å². The fraction of sp³-hybridized carbons (Fsp3) is 0.143. The number of benzene rings is 2. The highest BCUT2D eigenvalue weighted by molar-refractivity contribution is 5.43. The summed E-state index contributed by atoms with van der Waals surface area (Å²) in [5.41, 5.74) is 0.984. The molecule has 0 aliphatic rings. The molecule has 2 aromatic carbocycles. The van der Waals surface area contributed by atoms with Crippen LogP contribution in [0.2, 0.25) is 0 Å². The number of non-ortho nitro benzene ring substituents is 1. The third kappa shape index (κ3) is 3.30. The van der Waals surface area contributed by atoms with Gasteiger partial charge < -0.3 is 9.84 Å². The molecular weight excluding hydrogens is 265 g/mol. The van der Waals surface area contributed by atoms with Crippen molar-refractivity contribution < 1.29 is 19.2 Å². The summed E-state index contributed by atoms with van der Waals surface area (Å²) in [5.74, 6) is 0.0301. The first-order valence-corrected chi connectivity index (χ1v) is 5.85. The maximum Gasteiger partial charge on any atom is 0.270 e. The van der Waals surface area contributed by atoms with E-state index >= 15 is 0 Å². The molecule has 20 heavy (non-hydrogen) atoms. The highest BCUT2D eigenvalue weighted by Crippen LogP contribution is 2.25. The monoisotopic (exact) mass is 277 g/mol. The summed E-state index contributed by atoms with van der Waals surface area (Å²) in [6.45, 7) is -0.175. The maximum absolute atomic E-state index is 12.8. The maximum atomic E-state index is 12.8. The number of hydrogen-bond acceptors (Lipinski definition) is 4. The van der Waals surface area contributed by atoms with E-state index in [9.17, 15) is 19.6 Å². The third-order valence-electron chi connectivity index (χ3n) is 2.73. The van der Waals surface area contributed by atoms with Gasteiger partial charge in [0.15, 0.2) is 0 Å². The van der Waals surface area contributed by atoms with Crippen molar-refractivity contribution in [1.82, 2.24) is 0 Å². The Hall–Kier alpha value is -2.47. The zero-order chi connectivity index (χ0) is 14.5. The van der Waals surface area contributed by atoms with Gasteiger partial charge in [-0.2, -0.15) is 0 Å². The molecule has 1 N–H and O–H groups in total. The average Bonchev–Trinajstić information content (AvgIpc) is 2.46. The summed E-state index contributed by atoms with van der Waals surface area (Å²) in [6, 6.07) is 9.81. The Kier molecular flexibility index (Phi) is 4.27. The van der Waals surface area contributed by atoms with E-state index in [0.717, 1.165) is 5.56 Å². The van der Waals surface area contributed by atoms with Crippen LogP contribution in [0.3, 0.4) is 0 Å². The van der Waals surface area contributed by atoms with Crippen molar-refractivity contribution in [3.63, 3.8) is 0 Å². The predicted octanol–water partition coefficient (Wildman–Crippen LogP) is 2.81. The van der Waals surface area contributed by atoms with Crippen LogP contribution in [0.4, 0.5) is 10.1 Å². The molecule has 0 fully saturated rings. The molecule has 0 radical (unpaired) electrons. The summed E-state index contributed by atoms with van der Waals surface area (Å²) in [5, 5.41) is 19.8. The zero-order valence-corrected chi connectivity index (χ0v) is 10.5. The predicted molar refractivity (Wildman–Crippen MR) is 69.8 cm³/mol. The smallest absolute Gasteiger partial charge is 0.270 e. The molecule has 2 rings (SSSR count). The molecular formula is C14H12FNO4. The Bertz CT molecular complexity index is 613. The van der Waals surface area contributed by atoms with E-state index in [-0.39, 0.29) is 24.7 Å². The van der Waals surface area contributed by atoms with Gasteiger partial charge in [-0.3, -0.25) is 10.1 Å². The van der Waals surface area contributed by atoms with E-state index < -0.39 is 4.92 Å². The number of aliphatic hydroxyl groups excluding tert-OH is 1. The molecule has 0 bridgehead atoms. The molecule has 0 aliphatic carbocycles. The fourth-order valence-corrected chi connectivity index (χ4v) is 1.69. The quantitative estimate of drug-likeness (QED) is 0.673. The van der Waals surface area contributed by atoms with Crippen molar-refractivity contribution in [1.29, 1.82) is 0 Å². The van der Waals surface area contributed by atoms with E-state index in [1.165, 1.54) is 30.3 Å². The molecule has 0 saturated heterocycles. The first-order chi connectivity index (χ1) is 9.60. The van der Waals surface area contributed by atoms with Gasteiger partial charge in [0.2, 0.25) is 0 Å². The molecule has 6 heteroatoms. The van der Waals surface area contributed by atoms with Crippen molar-refractivity contribution in [2.75, 3.05) is 0 Å². The van der Waals surface area contributed by atoms with Gasteiger partial charge in [-0.25, -0.2) is 4.39 Å². The molecule has 0 unspecified atom stereocenters. The van der Waals surface area contributed by atoms with Gasteiger partial charge in [0.05, 0.1) is 11.5 Å². The molecule has 0 aromatic heterocycles. The molecule has 0 saturated carbocycles. The molecule has 2 aromatic rings. The second kappa shape index (κ2) is 6.12. The van der Waals surface area contributed by atoms with Gasteiger partial charge in [0.1, 0.15) is 18.2 Å². The van der Waals surface area contributed by atoms with Crippen LogP contribution >= 0.6 is 0 Å². The molecule has 5 nitrogen and oxygen atoms in total. The Labute approximate surface area is 114 Å². The van der Waals surface area contributed by atoms with Crippen LogP contribution in [-0.2, 0) is 13.2 Å². The topological polar surface area (TPSA) is 72.6 Å². The number of nitro groups is 1. The number of hydrogen-bond donors (Lipinski definition) is 1. The normalized spacial score (nSPS) is 10.3. The molecule has 0 amide bonds. The average molecular weight is 277 g/mol. The van der Waals surface area contributed by atoms with Gasteiger partial charge >= 0.3 is 0 Å². The Morgan fingerprint density at radius 3 is 2.50 bits per heavy atom. The van der Waals surface area contributed by atoms with E-state index in [2.05, 4.69) is 0 Å². The van der Waals surface area contributed by atoms with Gasteiger partial charge in [-0.05, 0) is 23.8 Å². The van der Waals surface area contributed by atoms with Crippen LogP contribution in [-0.4, -0.2) is 10.0 Å². The Morgan fingerprint density at radius 1 is 1.20 bits per heavy atom. The fourth-order valence-electron chi connectivity index (χ4n) is 1.69. The van der Waals surface area contributed by atoms with Crippen LogP contribution in [0.1, 0.15) is 11.1 Å². The largest absolute Gasteiger partial charge is 0.489 e. The first kappa shape index (κ1) is 14.0. The number of rotatable bonds is 5. The summed E-state index contributed by atoms with van der Waals surface area (Å²) >= 11 is 0.